The van der Waals surface area contributed by atoms with Crippen molar-refractivity contribution in [2.45, 2.75) is 129 Å². The van der Waals surface area contributed by atoms with Gasteiger partial charge in [0, 0.05) is 6.42 Å². The van der Waals surface area contributed by atoms with Crippen LogP contribution in [0.2, 0.25) is 0 Å². The summed E-state index contributed by atoms with van der Waals surface area (Å²) in [6, 6.07) is -0.543. The third-order valence-corrected chi connectivity index (χ3v) is 5.13. The molecule has 0 radical (unpaired) electrons. The Morgan fingerprint density at radius 1 is 0.769 bits per heavy atom. The molecule has 0 saturated carbocycles. The molecule has 0 aromatic carbocycles. The Morgan fingerprint density at radius 3 is 1.50 bits per heavy atom. The van der Waals surface area contributed by atoms with Crippen LogP contribution in [0.4, 0.5) is 0 Å². The maximum Gasteiger partial charge on any atom is 0.220 e. The minimum atomic E-state index is -0.718. The first-order valence-electron chi connectivity index (χ1n) is 11.2. The van der Waals surface area contributed by atoms with Crippen LogP contribution in [0.1, 0.15) is 117 Å². The van der Waals surface area contributed by atoms with Crippen LogP contribution in [0.5, 0.6) is 0 Å². The van der Waals surface area contributed by atoms with E-state index in [0.717, 1.165) is 12.8 Å². The Kier molecular flexibility index (Phi) is 18.7. The van der Waals surface area contributed by atoms with Crippen molar-refractivity contribution < 1.29 is 15.0 Å². The molecule has 0 saturated heterocycles. The number of rotatable bonds is 19. The maximum atomic E-state index is 11.7. The van der Waals surface area contributed by atoms with Crippen LogP contribution in [-0.4, -0.2) is 34.9 Å². The van der Waals surface area contributed by atoms with Crippen LogP contribution in [0.15, 0.2) is 0 Å². The zero-order valence-electron chi connectivity index (χ0n) is 17.5. The highest BCUT2D eigenvalue weighted by atomic mass is 16.3. The summed E-state index contributed by atoms with van der Waals surface area (Å²) in [4.78, 5) is 11.7. The fourth-order valence-electron chi connectivity index (χ4n) is 3.25. The summed E-state index contributed by atoms with van der Waals surface area (Å²) in [6.07, 6.45) is 19.5. The molecule has 0 rings (SSSR count). The lowest BCUT2D eigenvalue weighted by Crippen LogP contribution is -2.44. The van der Waals surface area contributed by atoms with Crippen LogP contribution < -0.4 is 5.32 Å². The number of hydrogen-bond donors (Lipinski definition) is 3. The van der Waals surface area contributed by atoms with Gasteiger partial charge in [0.2, 0.25) is 5.91 Å². The highest BCUT2D eigenvalue weighted by molar-refractivity contribution is 5.76. The second-order valence-electron chi connectivity index (χ2n) is 7.80. The molecule has 3 N–H and O–H groups in total. The van der Waals surface area contributed by atoms with E-state index in [1.807, 2.05) is 0 Å². The molecule has 4 heteroatoms. The van der Waals surface area contributed by atoms with E-state index in [9.17, 15) is 9.90 Å². The molecular weight excluding hydrogens is 326 g/mol. The lowest BCUT2D eigenvalue weighted by Gasteiger charge is -2.18. The van der Waals surface area contributed by atoms with Crippen molar-refractivity contribution in [3.8, 4) is 0 Å². The Bertz CT molecular complexity index is 308. The van der Waals surface area contributed by atoms with Gasteiger partial charge >= 0.3 is 0 Å². The summed E-state index contributed by atoms with van der Waals surface area (Å²) in [5.41, 5.74) is 0. The van der Waals surface area contributed by atoms with Gasteiger partial charge in [-0.25, -0.2) is 0 Å². The molecule has 0 aliphatic rings. The number of carbonyl (C=O) groups is 1. The Labute approximate surface area is 162 Å². The topological polar surface area (TPSA) is 69.6 Å². The van der Waals surface area contributed by atoms with E-state index < -0.39 is 12.1 Å². The van der Waals surface area contributed by atoms with Gasteiger partial charge in [-0.15, -0.1) is 0 Å². The Hall–Kier alpha value is -0.610. The Balaban J connectivity index is 3.25. The summed E-state index contributed by atoms with van der Waals surface area (Å²) in [7, 11) is 0. The van der Waals surface area contributed by atoms with E-state index in [1.54, 1.807) is 6.92 Å². The molecule has 0 aliphatic carbocycles. The summed E-state index contributed by atoms with van der Waals surface area (Å²) in [5, 5.41) is 21.1. The fourth-order valence-corrected chi connectivity index (χ4v) is 3.25. The summed E-state index contributed by atoms with van der Waals surface area (Å²) in [5.74, 6) is -0.0698. The highest BCUT2D eigenvalue weighted by Gasteiger charge is 2.15. The number of nitrogens with one attached hydrogen (secondary N) is 1. The predicted octanol–water partition coefficient (Wildman–Crippen LogP) is 5.11. The van der Waals surface area contributed by atoms with Crippen molar-refractivity contribution in [1.82, 2.24) is 5.32 Å². The summed E-state index contributed by atoms with van der Waals surface area (Å²) in [6.45, 7) is 3.63. The van der Waals surface area contributed by atoms with Crippen molar-refractivity contribution in [2.24, 2.45) is 0 Å². The van der Waals surface area contributed by atoms with E-state index in [1.165, 1.54) is 83.5 Å². The minimum Gasteiger partial charge on any atom is -0.394 e. The van der Waals surface area contributed by atoms with Crippen molar-refractivity contribution in [2.75, 3.05) is 6.61 Å². The number of aliphatic hydroxyl groups is 2. The zero-order valence-corrected chi connectivity index (χ0v) is 17.5. The average molecular weight is 372 g/mol. The fraction of sp³-hybridized carbons (Fsp3) is 0.955. The van der Waals surface area contributed by atoms with Gasteiger partial charge in [-0.1, -0.05) is 96.8 Å². The third-order valence-electron chi connectivity index (χ3n) is 5.13. The van der Waals surface area contributed by atoms with Crippen LogP contribution in [0.3, 0.4) is 0 Å². The minimum absolute atomic E-state index is 0.0698. The van der Waals surface area contributed by atoms with E-state index in [-0.39, 0.29) is 12.5 Å². The first-order chi connectivity index (χ1) is 12.6. The molecule has 0 spiro atoms. The number of carbonyl (C=O) groups excluding carboxylic acids is 1. The van der Waals surface area contributed by atoms with E-state index >= 15 is 0 Å². The van der Waals surface area contributed by atoms with Crippen molar-refractivity contribution in [3.05, 3.63) is 0 Å². The molecular formula is C22H45NO3. The van der Waals surface area contributed by atoms with Crippen molar-refractivity contribution >= 4 is 5.91 Å². The molecule has 26 heavy (non-hydrogen) atoms. The van der Waals surface area contributed by atoms with Gasteiger partial charge in [-0.05, 0) is 13.3 Å². The van der Waals surface area contributed by atoms with Gasteiger partial charge in [0.1, 0.15) is 0 Å². The molecule has 1 amide bonds. The van der Waals surface area contributed by atoms with Gasteiger partial charge in [0.25, 0.3) is 0 Å². The normalized spacial score (nSPS) is 13.5. The molecule has 2 atom stereocenters. The lowest BCUT2D eigenvalue weighted by atomic mass is 10.0. The first-order valence-corrected chi connectivity index (χ1v) is 11.2. The SMILES string of the molecule is CCCCCCCCCCCCCCCCCC(=O)N[C@@H](CO)[C@H](C)O. The molecule has 0 fully saturated rings. The Morgan fingerprint density at radius 2 is 1.15 bits per heavy atom. The van der Waals surface area contributed by atoms with Gasteiger partial charge in [-0.3, -0.25) is 4.79 Å². The van der Waals surface area contributed by atoms with Gasteiger partial charge < -0.3 is 15.5 Å². The third kappa shape index (κ3) is 16.8. The molecule has 0 heterocycles. The van der Waals surface area contributed by atoms with Crippen LogP contribution in [0.25, 0.3) is 0 Å². The number of aliphatic hydroxyl groups excluding tert-OH is 2. The van der Waals surface area contributed by atoms with E-state index in [0.29, 0.717) is 6.42 Å². The zero-order chi connectivity index (χ0) is 19.5. The van der Waals surface area contributed by atoms with Gasteiger partial charge in [0.15, 0.2) is 0 Å². The predicted molar refractivity (Wildman–Crippen MR) is 110 cm³/mol. The maximum absolute atomic E-state index is 11.7. The van der Waals surface area contributed by atoms with Gasteiger partial charge in [-0.2, -0.15) is 0 Å². The second-order valence-corrected chi connectivity index (χ2v) is 7.80. The largest absolute Gasteiger partial charge is 0.394 e. The van der Waals surface area contributed by atoms with Crippen LogP contribution >= 0.6 is 0 Å². The highest BCUT2D eigenvalue weighted by Crippen LogP contribution is 2.13. The van der Waals surface area contributed by atoms with E-state index in [2.05, 4.69) is 12.2 Å². The molecule has 4 nitrogen and oxygen atoms in total. The molecule has 0 aromatic rings. The van der Waals surface area contributed by atoms with E-state index in [4.69, 9.17) is 5.11 Å². The number of unbranched alkanes of at least 4 members (excludes halogenated alkanes) is 14. The second kappa shape index (κ2) is 19.2. The summed E-state index contributed by atoms with van der Waals surface area (Å²) >= 11 is 0. The van der Waals surface area contributed by atoms with Gasteiger partial charge in [0.05, 0.1) is 18.8 Å². The number of amides is 1. The molecule has 156 valence electrons. The van der Waals surface area contributed by atoms with Crippen molar-refractivity contribution in [3.63, 3.8) is 0 Å². The quantitative estimate of drug-likeness (QED) is 0.276. The number of hydrogen-bond acceptors (Lipinski definition) is 3. The smallest absolute Gasteiger partial charge is 0.220 e. The van der Waals surface area contributed by atoms with Crippen LogP contribution in [-0.2, 0) is 4.79 Å². The first kappa shape index (κ1) is 25.4. The monoisotopic (exact) mass is 371 g/mol. The van der Waals surface area contributed by atoms with Crippen LogP contribution in [0, 0.1) is 0 Å². The molecule has 0 aliphatic heterocycles. The average Bonchev–Trinajstić information content (AvgIpc) is 2.62. The molecule has 0 bridgehead atoms. The molecule has 0 unspecified atom stereocenters. The van der Waals surface area contributed by atoms with Crippen molar-refractivity contribution in [1.29, 1.82) is 0 Å². The lowest BCUT2D eigenvalue weighted by molar-refractivity contribution is -0.123. The summed E-state index contributed by atoms with van der Waals surface area (Å²) < 4.78 is 0. The standard InChI is InChI=1S/C22H45NO3/c1-3-4-5-6-7-8-9-10-11-12-13-14-15-16-17-18-22(26)23-21(19-24)20(2)25/h20-21,24-25H,3-19H2,1-2H3,(H,23,26)/t20-,21-/m0/s1. The molecule has 0 aromatic heterocycles.